The lowest BCUT2D eigenvalue weighted by Crippen LogP contribution is -2.40. The van der Waals surface area contributed by atoms with E-state index in [9.17, 15) is 9.59 Å². The van der Waals surface area contributed by atoms with E-state index < -0.39 is 0 Å². The topological polar surface area (TPSA) is 58.2 Å². The predicted molar refractivity (Wildman–Crippen MR) is 167 cm³/mol. The fourth-order valence-corrected chi connectivity index (χ4v) is 5.72. The van der Waals surface area contributed by atoms with Gasteiger partial charge >= 0.3 is 0 Å². The zero-order valence-corrected chi connectivity index (χ0v) is 25.2. The maximum Gasteiger partial charge on any atom is 0.247 e. The zero-order chi connectivity index (χ0) is 28.1. The largest absolute Gasteiger partial charge is 0.348 e. The maximum absolute atomic E-state index is 12.0. The van der Waals surface area contributed by atoms with Crippen molar-refractivity contribution in [2.24, 2.45) is 0 Å². The van der Waals surface area contributed by atoms with Crippen LogP contribution in [0.5, 0.6) is 0 Å². The van der Waals surface area contributed by atoms with E-state index in [-0.39, 0.29) is 22.9 Å². The fourth-order valence-electron chi connectivity index (χ4n) is 3.58. The van der Waals surface area contributed by atoms with E-state index in [0.29, 0.717) is 0 Å². The van der Waals surface area contributed by atoms with Gasteiger partial charge in [-0.2, -0.15) is 0 Å². The SMILES string of the molecule is C/C(=C/c1cc2ccccc2s1)C(=O)NC(C)(C)C.C/C(=C/c1cc2ccccc2s1)C(=O)NC(C)(C)C. The molecule has 0 saturated heterocycles. The molecule has 2 aromatic carbocycles. The Morgan fingerprint density at radius 2 is 0.974 bits per heavy atom. The molecule has 0 unspecified atom stereocenters. The van der Waals surface area contributed by atoms with Crippen LogP contribution in [0.15, 0.2) is 71.8 Å². The van der Waals surface area contributed by atoms with E-state index in [2.05, 4.69) is 47.0 Å². The molecule has 2 N–H and O–H groups in total. The second-order valence-electron chi connectivity index (χ2n) is 11.4. The zero-order valence-electron chi connectivity index (χ0n) is 23.6. The molecule has 2 aromatic heterocycles. The van der Waals surface area contributed by atoms with Crippen LogP contribution in [0.25, 0.3) is 32.3 Å². The van der Waals surface area contributed by atoms with E-state index in [1.807, 2.05) is 91.8 Å². The summed E-state index contributed by atoms with van der Waals surface area (Å²) in [6, 6.07) is 20.7. The highest BCUT2D eigenvalue weighted by Crippen LogP contribution is 2.28. The van der Waals surface area contributed by atoms with E-state index in [1.54, 1.807) is 22.7 Å². The first kappa shape index (κ1) is 29.3. The van der Waals surface area contributed by atoms with Gasteiger partial charge in [-0.1, -0.05) is 36.4 Å². The van der Waals surface area contributed by atoms with E-state index in [1.165, 1.54) is 20.2 Å². The van der Waals surface area contributed by atoms with Crippen LogP contribution in [-0.4, -0.2) is 22.9 Å². The third-order valence-electron chi connectivity index (χ3n) is 5.30. The van der Waals surface area contributed by atoms with Crippen molar-refractivity contribution in [1.29, 1.82) is 0 Å². The molecule has 0 fully saturated rings. The number of rotatable bonds is 4. The maximum atomic E-state index is 12.0. The molecule has 4 nitrogen and oxygen atoms in total. The quantitative estimate of drug-likeness (QED) is 0.252. The van der Waals surface area contributed by atoms with E-state index in [0.717, 1.165) is 20.9 Å². The van der Waals surface area contributed by atoms with Gasteiger partial charge < -0.3 is 10.6 Å². The molecule has 0 saturated carbocycles. The summed E-state index contributed by atoms with van der Waals surface area (Å²) in [4.78, 5) is 26.2. The number of fused-ring (bicyclic) bond motifs is 2. The fraction of sp³-hybridized carbons (Fsp3) is 0.312. The molecule has 0 spiro atoms. The normalized spacial score (nSPS) is 12.7. The highest BCUT2D eigenvalue weighted by Gasteiger charge is 2.16. The van der Waals surface area contributed by atoms with Crippen LogP contribution in [0.3, 0.4) is 0 Å². The molecule has 0 aliphatic carbocycles. The van der Waals surface area contributed by atoms with Gasteiger partial charge in [-0.05, 0) is 103 Å². The molecular weight excluding hydrogens is 508 g/mol. The Labute approximate surface area is 234 Å². The van der Waals surface area contributed by atoms with Crippen molar-refractivity contribution in [3.63, 3.8) is 0 Å². The van der Waals surface area contributed by atoms with Crippen LogP contribution in [0.4, 0.5) is 0 Å². The highest BCUT2D eigenvalue weighted by molar-refractivity contribution is 7.20. The Morgan fingerprint density at radius 1 is 0.632 bits per heavy atom. The van der Waals surface area contributed by atoms with Gasteiger partial charge in [0.1, 0.15) is 0 Å². The number of hydrogen-bond acceptors (Lipinski definition) is 4. The average molecular weight is 547 g/mol. The van der Waals surface area contributed by atoms with E-state index in [4.69, 9.17) is 0 Å². The lowest BCUT2D eigenvalue weighted by Gasteiger charge is -2.20. The van der Waals surface area contributed by atoms with Crippen LogP contribution in [0, 0.1) is 0 Å². The van der Waals surface area contributed by atoms with Crippen molar-refractivity contribution < 1.29 is 9.59 Å². The monoisotopic (exact) mass is 546 g/mol. The van der Waals surface area contributed by atoms with Gasteiger partial charge in [-0.15, -0.1) is 22.7 Å². The summed E-state index contributed by atoms with van der Waals surface area (Å²) in [5.41, 5.74) is 1.07. The van der Waals surface area contributed by atoms with Crippen LogP contribution in [0.2, 0.25) is 0 Å². The van der Waals surface area contributed by atoms with Crippen molar-refractivity contribution in [2.75, 3.05) is 0 Å². The standard InChI is InChI=1S/2C16H19NOS/c2*1-11(15(18)17-16(2,3)4)9-13-10-12-7-5-6-8-14(12)19-13/h2*5-10H,1-4H3,(H,17,18)/b2*11-9-. The van der Waals surface area contributed by atoms with Gasteiger partial charge in [0.05, 0.1) is 0 Å². The minimum absolute atomic E-state index is 0.00930. The molecule has 0 aliphatic rings. The van der Waals surface area contributed by atoms with Crippen molar-refractivity contribution >= 4 is 66.8 Å². The summed E-state index contributed by atoms with van der Waals surface area (Å²) in [5, 5.41) is 8.39. The Balaban J connectivity index is 0.000000211. The molecular formula is C32H38N2O2S2. The van der Waals surface area contributed by atoms with Crippen molar-refractivity contribution in [3.05, 3.63) is 81.6 Å². The molecule has 200 valence electrons. The molecule has 0 atom stereocenters. The Hall–Kier alpha value is -3.22. The Kier molecular flexibility index (Phi) is 9.34. The van der Waals surface area contributed by atoms with Gasteiger partial charge in [0, 0.05) is 41.4 Å². The van der Waals surface area contributed by atoms with Gasteiger partial charge in [-0.25, -0.2) is 0 Å². The van der Waals surface area contributed by atoms with Gasteiger partial charge in [0.2, 0.25) is 11.8 Å². The molecule has 6 heteroatoms. The first-order valence-corrected chi connectivity index (χ1v) is 14.3. The molecule has 2 heterocycles. The Bertz CT molecular complexity index is 1310. The van der Waals surface area contributed by atoms with Gasteiger partial charge in [0.25, 0.3) is 0 Å². The molecule has 38 heavy (non-hydrogen) atoms. The van der Waals surface area contributed by atoms with Crippen molar-refractivity contribution in [3.8, 4) is 0 Å². The molecule has 0 aliphatic heterocycles. The summed E-state index contributed by atoms with van der Waals surface area (Å²) >= 11 is 3.41. The number of hydrogen-bond donors (Lipinski definition) is 2. The molecule has 0 bridgehead atoms. The second kappa shape index (κ2) is 12.1. The minimum Gasteiger partial charge on any atom is -0.348 e. The smallest absolute Gasteiger partial charge is 0.247 e. The first-order chi connectivity index (χ1) is 17.7. The van der Waals surface area contributed by atoms with Crippen molar-refractivity contribution in [1.82, 2.24) is 10.6 Å². The lowest BCUT2D eigenvalue weighted by molar-refractivity contribution is -0.119. The minimum atomic E-state index is -0.202. The molecule has 4 rings (SSSR count). The second-order valence-corrected chi connectivity index (χ2v) is 13.7. The summed E-state index contributed by atoms with van der Waals surface area (Å²) in [6.07, 6.45) is 3.90. The Morgan fingerprint density at radius 3 is 1.29 bits per heavy atom. The van der Waals surface area contributed by atoms with Crippen molar-refractivity contribution in [2.45, 2.75) is 66.5 Å². The van der Waals surface area contributed by atoms with Crippen LogP contribution in [-0.2, 0) is 9.59 Å². The summed E-state index contributed by atoms with van der Waals surface area (Å²) in [6.45, 7) is 15.6. The summed E-state index contributed by atoms with van der Waals surface area (Å²) in [5.74, 6) is -0.0186. The van der Waals surface area contributed by atoms with Gasteiger partial charge in [-0.3, -0.25) is 9.59 Å². The molecule has 0 radical (unpaired) electrons. The van der Waals surface area contributed by atoms with Gasteiger partial charge in [0.15, 0.2) is 0 Å². The number of carbonyl (C=O) groups is 2. The third kappa shape index (κ3) is 8.96. The number of amides is 2. The van der Waals surface area contributed by atoms with Crippen LogP contribution >= 0.6 is 22.7 Å². The van der Waals surface area contributed by atoms with Crippen LogP contribution < -0.4 is 10.6 Å². The third-order valence-corrected chi connectivity index (χ3v) is 7.43. The lowest BCUT2D eigenvalue weighted by atomic mass is 10.1. The number of nitrogens with one attached hydrogen (secondary N) is 2. The highest BCUT2D eigenvalue weighted by atomic mass is 32.1. The predicted octanol–water partition coefficient (Wildman–Crippen LogP) is 8.44. The number of thiophene rings is 2. The number of carbonyl (C=O) groups excluding carboxylic acids is 2. The van der Waals surface area contributed by atoms with E-state index >= 15 is 0 Å². The number of benzene rings is 2. The first-order valence-electron chi connectivity index (χ1n) is 12.7. The summed E-state index contributed by atoms with van der Waals surface area (Å²) in [7, 11) is 0. The average Bonchev–Trinajstić information content (AvgIpc) is 3.39. The van der Waals surface area contributed by atoms with Crippen LogP contribution in [0.1, 0.15) is 65.1 Å². The molecule has 2 amide bonds. The summed E-state index contributed by atoms with van der Waals surface area (Å²) < 4.78 is 2.50. The molecule has 4 aromatic rings.